The SMILES string of the molecule is CC(C)N(CCCCl)Cc1cccc(Br)c1. The smallest absolute Gasteiger partial charge is 0.0236 e. The summed E-state index contributed by atoms with van der Waals surface area (Å²) in [6.45, 7) is 6.51. The van der Waals surface area contributed by atoms with Gasteiger partial charge in [0.05, 0.1) is 0 Å². The topological polar surface area (TPSA) is 3.24 Å². The second-order valence-electron chi connectivity index (χ2n) is 4.24. The summed E-state index contributed by atoms with van der Waals surface area (Å²) in [6.07, 6.45) is 1.05. The molecule has 0 unspecified atom stereocenters. The molecule has 0 fully saturated rings. The molecule has 0 spiro atoms. The summed E-state index contributed by atoms with van der Waals surface area (Å²) in [5.74, 6) is 0.738. The van der Waals surface area contributed by atoms with Crippen LogP contribution in [0.1, 0.15) is 25.8 Å². The molecule has 0 atom stereocenters. The predicted molar refractivity (Wildman–Crippen MR) is 75.0 cm³/mol. The number of alkyl halides is 1. The van der Waals surface area contributed by atoms with Gasteiger partial charge in [0.25, 0.3) is 0 Å². The van der Waals surface area contributed by atoms with Gasteiger partial charge in [0.1, 0.15) is 0 Å². The monoisotopic (exact) mass is 303 g/mol. The van der Waals surface area contributed by atoms with Gasteiger partial charge in [-0.1, -0.05) is 28.1 Å². The first-order chi connectivity index (χ1) is 7.63. The van der Waals surface area contributed by atoms with Crippen LogP contribution < -0.4 is 0 Å². The van der Waals surface area contributed by atoms with Crippen LogP contribution in [0.3, 0.4) is 0 Å². The van der Waals surface area contributed by atoms with Crippen molar-refractivity contribution in [2.75, 3.05) is 12.4 Å². The van der Waals surface area contributed by atoms with E-state index in [1.54, 1.807) is 0 Å². The minimum absolute atomic E-state index is 0.558. The quantitative estimate of drug-likeness (QED) is 0.709. The minimum Gasteiger partial charge on any atom is -0.297 e. The van der Waals surface area contributed by atoms with Crippen LogP contribution >= 0.6 is 27.5 Å². The van der Waals surface area contributed by atoms with E-state index in [4.69, 9.17) is 11.6 Å². The first-order valence-electron chi connectivity index (χ1n) is 5.68. The van der Waals surface area contributed by atoms with Crippen molar-refractivity contribution in [1.29, 1.82) is 0 Å². The van der Waals surface area contributed by atoms with E-state index in [1.165, 1.54) is 5.56 Å². The van der Waals surface area contributed by atoms with Crippen molar-refractivity contribution < 1.29 is 0 Å². The van der Waals surface area contributed by atoms with E-state index in [-0.39, 0.29) is 0 Å². The molecule has 1 aromatic carbocycles. The lowest BCUT2D eigenvalue weighted by Crippen LogP contribution is -2.31. The lowest BCUT2D eigenvalue weighted by atomic mass is 10.2. The third kappa shape index (κ3) is 4.86. The van der Waals surface area contributed by atoms with Gasteiger partial charge in [0.15, 0.2) is 0 Å². The molecule has 0 aliphatic rings. The Morgan fingerprint density at radius 2 is 2.12 bits per heavy atom. The average Bonchev–Trinajstić information content (AvgIpc) is 2.24. The summed E-state index contributed by atoms with van der Waals surface area (Å²) >= 11 is 9.25. The summed E-state index contributed by atoms with van der Waals surface area (Å²) in [6, 6.07) is 9.04. The van der Waals surface area contributed by atoms with Crippen LogP contribution in [0.25, 0.3) is 0 Å². The van der Waals surface area contributed by atoms with Gasteiger partial charge in [0, 0.05) is 22.9 Å². The van der Waals surface area contributed by atoms with Crippen LogP contribution in [0, 0.1) is 0 Å². The Morgan fingerprint density at radius 3 is 2.69 bits per heavy atom. The summed E-state index contributed by atoms with van der Waals surface area (Å²) in [5, 5.41) is 0. The second-order valence-corrected chi connectivity index (χ2v) is 5.53. The summed E-state index contributed by atoms with van der Waals surface area (Å²) in [4.78, 5) is 2.45. The van der Waals surface area contributed by atoms with Crippen LogP contribution in [0.5, 0.6) is 0 Å². The van der Waals surface area contributed by atoms with Gasteiger partial charge in [-0.05, 0) is 44.5 Å². The highest BCUT2D eigenvalue weighted by atomic mass is 79.9. The van der Waals surface area contributed by atoms with Crippen LogP contribution in [0.4, 0.5) is 0 Å². The number of nitrogens with zero attached hydrogens (tertiary/aromatic N) is 1. The van der Waals surface area contributed by atoms with E-state index in [0.717, 1.165) is 29.9 Å². The molecule has 0 saturated heterocycles. The molecule has 0 aliphatic carbocycles. The lowest BCUT2D eigenvalue weighted by molar-refractivity contribution is 0.214. The summed E-state index contributed by atoms with van der Waals surface area (Å²) in [5.41, 5.74) is 1.35. The Hall–Kier alpha value is -0.0500. The molecule has 1 aromatic rings. The van der Waals surface area contributed by atoms with E-state index in [9.17, 15) is 0 Å². The zero-order chi connectivity index (χ0) is 12.0. The molecule has 0 bridgehead atoms. The van der Waals surface area contributed by atoms with Crippen LogP contribution in [-0.2, 0) is 6.54 Å². The van der Waals surface area contributed by atoms with Crippen molar-refractivity contribution in [3.05, 3.63) is 34.3 Å². The minimum atomic E-state index is 0.558. The van der Waals surface area contributed by atoms with Crippen LogP contribution in [-0.4, -0.2) is 23.4 Å². The molecule has 0 saturated carbocycles. The fourth-order valence-electron chi connectivity index (χ4n) is 1.65. The molecule has 0 aromatic heterocycles. The first kappa shape index (κ1) is 14.0. The Bertz CT molecular complexity index is 315. The maximum Gasteiger partial charge on any atom is 0.0236 e. The molecule has 1 nitrogen and oxygen atoms in total. The zero-order valence-electron chi connectivity index (χ0n) is 9.92. The molecule has 0 radical (unpaired) electrons. The van der Waals surface area contributed by atoms with Crippen LogP contribution in [0.2, 0.25) is 0 Å². The van der Waals surface area contributed by atoms with Gasteiger partial charge in [0.2, 0.25) is 0 Å². The number of halogens is 2. The molecule has 1 rings (SSSR count). The average molecular weight is 305 g/mol. The van der Waals surface area contributed by atoms with Crippen molar-refractivity contribution >= 4 is 27.5 Å². The molecular formula is C13H19BrClN. The number of rotatable bonds is 6. The van der Waals surface area contributed by atoms with Gasteiger partial charge < -0.3 is 0 Å². The van der Waals surface area contributed by atoms with Gasteiger partial charge in [-0.25, -0.2) is 0 Å². The normalized spacial score (nSPS) is 11.4. The van der Waals surface area contributed by atoms with Crippen molar-refractivity contribution in [2.24, 2.45) is 0 Å². The van der Waals surface area contributed by atoms with Gasteiger partial charge in [-0.3, -0.25) is 4.90 Å². The van der Waals surface area contributed by atoms with Gasteiger partial charge in [-0.15, -0.1) is 11.6 Å². The molecule has 0 amide bonds. The highest BCUT2D eigenvalue weighted by Gasteiger charge is 2.09. The van der Waals surface area contributed by atoms with E-state index in [0.29, 0.717) is 6.04 Å². The van der Waals surface area contributed by atoms with E-state index in [2.05, 4.69) is 58.9 Å². The van der Waals surface area contributed by atoms with E-state index >= 15 is 0 Å². The standard InChI is InChI=1S/C13H19BrClN/c1-11(2)16(8-4-7-15)10-12-5-3-6-13(14)9-12/h3,5-6,9,11H,4,7-8,10H2,1-2H3. The Morgan fingerprint density at radius 1 is 1.38 bits per heavy atom. The molecule has 90 valence electrons. The van der Waals surface area contributed by atoms with Gasteiger partial charge >= 0.3 is 0 Å². The summed E-state index contributed by atoms with van der Waals surface area (Å²) < 4.78 is 1.14. The number of hydrogen-bond donors (Lipinski definition) is 0. The van der Waals surface area contributed by atoms with Crippen molar-refractivity contribution in [1.82, 2.24) is 4.90 Å². The molecule has 0 N–H and O–H groups in total. The fraction of sp³-hybridized carbons (Fsp3) is 0.538. The molecule has 0 aliphatic heterocycles. The van der Waals surface area contributed by atoms with Crippen molar-refractivity contribution in [3.63, 3.8) is 0 Å². The van der Waals surface area contributed by atoms with Gasteiger partial charge in [-0.2, -0.15) is 0 Å². The Labute approximate surface area is 112 Å². The van der Waals surface area contributed by atoms with E-state index < -0.39 is 0 Å². The lowest BCUT2D eigenvalue weighted by Gasteiger charge is -2.26. The Kier molecular flexibility index (Phi) is 6.40. The fourth-order valence-corrected chi connectivity index (χ4v) is 2.22. The molecule has 16 heavy (non-hydrogen) atoms. The largest absolute Gasteiger partial charge is 0.297 e. The third-order valence-corrected chi connectivity index (χ3v) is 3.34. The third-order valence-electron chi connectivity index (χ3n) is 2.58. The summed E-state index contributed by atoms with van der Waals surface area (Å²) in [7, 11) is 0. The number of benzene rings is 1. The van der Waals surface area contributed by atoms with Crippen LogP contribution in [0.15, 0.2) is 28.7 Å². The van der Waals surface area contributed by atoms with Crippen molar-refractivity contribution in [2.45, 2.75) is 32.9 Å². The second kappa shape index (κ2) is 7.31. The molecule has 3 heteroatoms. The maximum atomic E-state index is 5.74. The zero-order valence-corrected chi connectivity index (χ0v) is 12.3. The Balaban J connectivity index is 2.60. The highest BCUT2D eigenvalue weighted by Crippen LogP contribution is 2.15. The highest BCUT2D eigenvalue weighted by molar-refractivity contribution is 9.10. The molecular weight excluding hydrogens is 286 g/mol. The maximum absolute atomic E-state index is 5.74. The molecule has 0 heterocycles. The van der Waals surface area contributed by atoms with Crippen molar-refractivity contribution in [3.8, 4) is 0 Å². The predicted octanol–water partition coefficient (Wildman–Crippen LogP) is 4.29. The number of hydrogen-bond acceptors (Lipinski definition) is 1. The first-order valence-corrected chi connectivity index (χ1v) is 7.00. The van der Waals surface area contributed by atoms with E-state index in [1.807, 2.05) is 0 Å².